The van der Waals surface area contributed by atoms with Crippen LogP contribution in [0.2, 0.25) is 0 Å². The molecule has 0 aliphatic heterocycles. The van der Waals surface area contributed by atoms with Crippen LogP contribution in [-0.2, 0) is 11.2 Å². The Labute approximate surface area is 88.4 Å². The van der Waals surface area contributed by atoms with Gasteiger partial charge in [-0.25, -0.2) is 0 Å². The van der Waals surface area contributed by atoms with Gasteiger partial charge in [0.05, 0.1) is 5.03 Å². The van der Waals surface area contributed by atoms with E-state index < -0.39 is 0 Å². The van der Waals surface area contributed by atoms with Crippen molar-refractivity contribution in [2.45, 2.75) is 19.3 Å². The number of carbonyl (C=O) groups is 1. The molecule has 0 spiro atoms. The highest BCUT2D eigenvalue weighted by molar-refractivity contribution is 6.50. The average Bonchev–Trinajstić information content (AvgIpc) is 2.39. The van der Waals surface area contributed by atoms with Crippen molar-refractivity contribution in [3.05, 3.63) is 41.0 Å². The lowest BCUT2D eigenvalue weighted by atomic mass is 10.0. The molecule has 1 aliphatic rings. The fourth-order valence-electron chi connectivity index (χ4n) is 1.82. The van der Waals surface area contributed by atoms with E-state index in [9.17, 15) is 4.79 Å². The van der Waals surface area contributed by atoms with Gasteiger partial charge in [0, 0.05) is 5.57 Å². The molecule has 2 rings (SSSR count). The van der Waals surface area contributed by atoms with Gasteiger partial charge >= 0.3 is 0 Å². The van der Waals surface area contributed by atoms with Gasteiger partial charge < -0.3 is 0 Å². The van der Waals surface area contributed by atoms with Crippen LogP contribution in [0.25, 0.3) is 5.03 Å². The van der Waals surface area contributed by atoms with E-state index in [0.717, 1.165) is 36.7 Å². The quantitative estimate of drug-likeness (QED) is 0.645. The van der Waals surface area contributed by atoms with Crippen molar-refractivity contribution in [2.24, 2.45) is 0 Å². The van der Waals surface area contributed by atoms with Crippen LogP contribution >= 0.6 is 11.6 Å². The summed E-state index contributed by atoms with van der Waals surface area (Å²) >= 11 is 6.17. The summed E-state index contributed by atoms with van der Waals surface area (Å²) in [6, 6.07) is 8.02. The zero-order valence-corrected chi connectivity index (χ0v) is 8.55. The molecular formula is C12H11ClO. The number of aldehydes is 1. The molecule has 72 valence electrons. The van der Waals surface area contributed by atoms with Gasteiger partial charge in [-0.15, -0.1) is 0 Å². The van der Waals surface area contributed by atoms with E-state index >= 15 is 0 Å². The van der Waals surface area contributed by atoms with Crippen molar-refractivity contribution in [1.29, 1.82) is 0 Å². The van der Waals surface area contributed by atoms with E-state index in [1.54, 1.807) is 0 Å². The molecular weight excluding hydrogens is 196 g/mol. The number of allylic oxidation sites excluding steroid dienone is 1. The second-order valence-electron chi connectivity index (χ2n) is 3.47. The molecule has 0 aromatic heterocycles. The molecule has 0 unspecified atom stereocenters. The maximum absolute atomic E-state index is 10.8. The minimum atomic E-state index is 0.633. The van der Waals surface area contributed by atoms with Crippen molar-refractivity contribution in [3.8, 4) is 0 Å². The van der Waals surface area contributed by atoms with Crippen LogP contribution in [0.5, 0.6) is 0 Å². The molecule has 0 saturated heterocycles. The highest BCUT2D eigenvalue weighted by Gasteiger charge is 2.14. The van der Waals surface area contributed by atoms with Crippen LogP contribution in [0.15, 0.2) is 29.8 Å². The number of hydrogen-bond donors (Lipinski definition) is 0. The van der Waals surface area contributed by atoms with Crippen molar-refractivity contribution < 1.29 is 4.79 Å². The molecule has 1 aromatic carbocycles. The Balaban J connectivity index is 2.57. The lowest BCUT2D eigenvalue weighted by Crippen LogP contribution is -1.88. The first kappa shape index (κ1) is 9.47. The average molecular weight is 207 g/mol. The molecule has 2 heteroatoms. The van der Waals surface area contributed by atoms with E-state index in [-0.39, 0.29) is 0 Å². The predicted octanol–water partition coefficient (Wildman–Crippen LogP) is 3.17. The SMILES string of the molecule is O=CC1=C(Cl)c2ccccc2CCC1. The molecule has 0 radical (unpaired) electrons. The summed E-state index contributed by atoms with van der Waals surface area (Å²) in [5, 5.41) is 0.633. The largest absolute Gasteiger partial charge is 0.298 e. The van der Waals surface area contributed by atoms with E-state index in [1.807, 2.05) is 18.2 Å². The van der Waals surface area contributed by atoms with E-state index in [0.29, 0.717) is 5.03 Å². The molecule has 0 saturated carbocycles. The lowest BCUT2D eigenvalue weighted by molar-refractivity contribution is -0.105. The fourth-order valence-corrected chi connectivity index (χ4v) is 2.14. The third kappa shape index (κ3) is 1.60. The summed E-state index contributed by atoms with van der Waals surface area (Å²) in [5.41, 5.74) is 3.00. The van der Waals surface area contributed by atoms with Gasteiger partial charge in [0.25, 0.3) is 0 Å². The number of aryl methyl sites for hydroxylation is 1. The zero-order chi connectivity index (χ0) is 9.97. The van der Waals surface area contributed by atoms with Gasteiger partial charge in [-0.3, -0.25) is 4.79 Å². The molecule has 0 bridgehead atoms. The van der Waals surface area contributed by atoms with Gasteiger partial charge in [0.2, 0.25) is 0 Å². The molecule has 1 nitrogen and oxygen atoms in total. The Morgan fingerprint density at radius 3 is 2.79 bits per heavy atom. The highest BCUT2D eigenvalue weighted by Crippen LogP contribution is 2.31. The van der Waals surface area contributed by atoms with Crippen molar-refractivity contribution in [2.75, 3.05) is 0 Å². The van der Waals surface area contributed by atoms with Crippen LogP contribution in [0.3, 0.4) is 0 Å². The van der Waals surface area contributed by atoms with Crippen molar-refractivity contribution >= 4 is 22.9 Å². The molecule has 0 atom stereocenters. The van der Waals surface area contributed by atoms with Crippen LogP contribution in [0.1, 0.15) is 24.0 Å². The highest BCUT2D eigenvalue weighted by atomic mass is 35.5. The summed E-state index contributed by atoms with van der Waals surface area (Å²) in [6.45, 7) is 0. The maximum Gasteiger partial charge on any atom is 0.147 e. The molecule has 14 heavy (non-hydrogen) atoms. The molecule has 1 aromatic rings. The summed E-state index contributed by atoms with van der Waals surface area (Å²) in [4.78, 5) is 10.8. The number of hydrogen-bond acceptors (Lipinski definition) is 1. The Morgan fingerprint density at radius 1 is 1.21 bits per heavy atom. The number of rotatable bonds is 1. The van der Waals surface area contributed by atoms with Gasteiger partial charge in [0.1, 0.15) is 6.29 Å². The first-order chi connectivity index (χ1) is 6.83. The fraction of sp³-hybridized carbons (Fsp3) is 0.250. The molecule has 0 fully saturated rings. The number of halogens is 1. The Morgan fingerprint density at radius 2 is 2.00 bits per heavy atom. The van der Waals surface area contributed by atoms with Gasteiger partial charge in [0.15, 0.2) is 0 Å². The van der Waals surface area contributed by atoms with E-state index in [2.05, 4.69) is 6.07 Å². The lowest BCUT2D eigenvalue weighted by Gasteiger charge is -2.04. The van der Waals surface area contributed by atoms with Crippen LogP contribution in [0, 0.1) is 0 Å². The second kappa shape index (κ2) is 3.97. The zero-order valence-electron chi connectivity index (χ0n) is 7.79. The second-order valence-corrected chi connectivity index (χ2v) is 3.85. The summed E-state index contributed by atoms with van der Waals surface area (Å²) in [5.74, 6) is 0. The summed E-state index contributed by atoms with van der Waals surface area (Å²) in [7, 11) is 0. The Kier molecular flexibility index (Phi) is 2.69. The molecule has 1 aliphatic carbocycles. The topological polar surface area (TPSA) is 17.1 Å². The van der Waals surface area contributed by atoms with E-state index in [1.165, 1.54) is 5.56 Å². The smallest absolute Gasteiger partial charge is 0.147 e. The van der Waals surface area contributed by atoms with Crippen LogP contribution < -0.4 is 0 Å². The number of carbonyl (C=O) groups excluding carboxylic acids is 1. The molecule has 0 N–H and O–H groups in total. The van der Waals surface area contributed by atoms with E-state index in [4.69, 9.17) is 11.6 Å². The predicted molar refractivity (Wildman–Crippen MR) is 58.2 cm³/mol. The van der Waals surface area contributed by atoms with Crippen molar-refractivity contribution in [3.63, 3.8) is 0 Å². The third-order valence-corrected chi connectivity index (χ3v) is 3.02. The van der Waals surface area contributed by atoms with Gasteiger partial charge in [-0.05, 0) is 30.4 Å². The van der Waals surface area contributed by atoms with Gasteiger partial charge in [-0.1, -0.05) is 35.9 Å². The normalized spacial score (nSPS) is 16.1. The minimum Gasteiger partial charge on any atom is -0.298 e. The summed E-state index contributed by atoms with van der Waals surface area (Å²) in [6.07, 6.45) is 3.67. The number of benzene rings is 1. The Hall–Kier alpha value is -1.08. The first-order valence-corrected chi connectivity index (χ1v) is 5.13. The van der Waals surface area contributed by atoms with Crippen LogP contribution in [-0.4, -0.2) is 6.29 Å². The third-order valence-electron chi connectivity index (χ3n) is 2.57. The first-order valence-electron chi connectivity index (χ1n) is 4.75. The molecule has 0 amide bonds. The summed E-state index contributed by atoms with van der Waals surface area (Å²) < 4.78 is 0. The van der Waals surface area contributed by atoms with Gasteiger partial charge in [-0.2, -0.15) is 0 Å². The standard InChI is InChI=1S/C12H11ClO/c13-12-10(8-14)6-3-5-9-4-1-2-7-11(9)12/h1-2,4,7-8H,3,5-6H2. The monoisotopic (exact) mass is 206 g/mol. The molecule has 0 heterocycles. The minimum absolute atomic E-state index is 0.633. The van der Waals surface area contributed by atoms with Crippen LogP contribution in [0.4, 0.5) is 0 Å². The maximum atomic E-state index is 10.8. The van der Waals surface area contributed by atoms with Crippen molar-refractivity contribution in [1.82, 2.24) is 0 Å². The number of fused-ring (bicyclic) bond motifs is 1. The Bertz CT molecular complexity index is 393.